The summed E-state index contributed by atoms with van der Waals surface area (Å²) in [6.45, 7) is 2.71. The van der Waals surface area contributed by atoms with Crippen molar-refractivity contribution in [2.24, 2.45) is 0 Å². The van der Waals surface area contributed by atoms with Gasteiger partial charge in [-0.1, -0.05) is 19.8 Å². The highest BCUT2D eigenvalue weighted by Crippen LogP contribution is 2.19. The highest BCUT2D eigenvalue weighted by Gasteiger charge is 2.08. The molecule has 2 aromatic rings. The van der Waals surface area contributed by atoms with Crippen molar-refractivity contribution in [2.45, 2.75) is 26.2 Å². The summed E-state index contributed by atoms with van der Waals surface area (Å²) in [4.78, 5) is 16.1. The zero-order valence-corrected chi connectivity index (χ0v) is 12.9. The molecule has 4 nitrogen and oxygen atoms in total. The highest BCUT2D eigenvalue weighted by atomic mass is 19.1. The lowest BCUT2D eigenvalue weighted by Crippen LogP contribution is -2.24. The molecule has 1 aromatic carbocycles. The van der Waals surface area contributed by atoms with Gasteiger partial charge in [-0.25, -0.2) is 13.8 Å². The van der Waals surface area contributed by atoms with E-state index >= 15 is 0 Å². The molecular formula is C17H19F2N3O. The van der Waals surface area contributed by atoms with Crippen molar-refractivity contribution >= 4 is 17.4 Å². The van der Waals surface area contributed by atoms with Gasteiger partial charge in [-0.2, -0.15) is 0 Å². The van der Waals surface area contributed by atoms with Gasteiger partial charge < -0.3 is 10.6 Å². The number of amides is 1. The lowest BCUT2D eigenvalue weighted by Gasteiger charge is -2.09. The van der Waals surface area contributed by atoms with E-state index in [1.807, 2.05) is 0 Å². The van der Waals surface area contributed by atoms with Crippen LogP contribution in [0.2, 0.25) is 0 Å². The second-order valence-corrected chi connectivity index (χ2v) is 5.14. The van der Waals surface area contributed by atoms with E-state index in [1.54, 1.807) is 6.07 Å². The van der Waals surface area contributed by atoms with Gasteiger partial charge in [-0.3, -0.25) is 4.79 Å². The standard InChI is InChI=1S/C17H19F2N3O/c1-2-3-4-8-21-17(23)12-7-9-20-16(10-12)22-15-6-5-13(18)11-14(15)19/h5-7,9-11H,2-4,8H2,1H3,(H,20,22)(H,21,23). The number of unbranched alkanes of at least 4 members (excludes halogenated alkanes) is 2. The SMILES string of the molecule is CCCCCNC(=O)c1ccnc(Nc2ccc(F)cc2F)c1. The lowest BCUT2D eigenvalue weighted by molar-refractivity contribution is 0.0953. The number of aromatic nitrogens is 1. The second-order valence-electron chi connectivity index (χ2n) is 5.14. The number of benzene rings is 1. The first-order chi connectivity index (χ1) is 11.1. The van der Waals surface area contributed by atoms with Crippen molar-refractivity contribution in [3.05, 3.63) is 53.7 Å². The summed E-state index contributed by atoms with van der Waals surface area (Å²) in [6, 6.07) is 6.32. The van der Waals surface area contributed by atoms with E-state index in [2.05, 4.69) is 22.5 Å². The summed E-state index contributed by atoms with van der Waals surface area (Å²) in [5.74, 6) is -1.26. The monoisotopic (exact) mass is 319 g/mol. The molecular weight excluding hydrogens is 300 g/mol. The maximum Gasteiger partial charge on any atom is 0.251 e. The fraction of sp³-hybridized carbons (Fsp3) is 0.294. The summed E-state index contributed by atoms with van der Waals surface area (Å²) in [5, 5.41) is 5.56. The van der Waals surface area contributed by atoms with Gasteiger partial charge in [0, 0.05) is 24.4 Å². The average molecular weight is 319 g/mol. The molecule has 1 heterocycles. The average Bonchev–Trinajstić information content (AvgIpc) is 2.54. The third-order valence-electron chi connectivity index (χ3n) is 3.28. The molecule has 0 spiro atoms. The summed E-state index contributed by atoms with van der Waals surface area (Å²) in [5.41, 5.74) is 0.529. The van der Waals surface area contributed by atoms with Crippen LogP contribution in [-0.4, -0.2) is 17.4 Å². The van der Waals surface area contributed by atoms with Crippen LogP contribution in [0.15, 0.2) is 36.5 Å². The van der Waals surface area contributed by atoms with Crippen LogP contribution in [0, 0.1) is 11.6 Å². The molecule has 2 N–H and O–H groups in total. The van der Waals surface area contributed by atoms with Crippen molar-refractivity contribution in [3.8, 4) is 0 Å². The van der Waals surface area contributed by atoms with Crippen LogP contribution in [0.1, 0.15) is 36.5 Å². The van der Waals surface area contributed by atoms with Crippen LogP contribution in [0.4, 0.5) is 20.3 Å². The van der Waals surface area contributed by atoms with Crippen LogP contribution in [-0.2, 0) is 0 Å². The Balaban J connectivity index is 2.03. The Morgan fingerprint density at radius 3 is 2.74 bits per heavy atom. The predicted octanol–water partition coefficient (Wildman–Crippen LogP) is 4.02. The Bertz CT molecular complexity index is 677. The number of hydrogen-bond acceptors (Lipinski definition) is 3. The summed E-state index contributed by atoms with van der Waals surface area (Å²) < 4.78 is 26.5. The van der Waals surface area contributed by atoms with Gasteiger partial charge in [-0.15, -0.1) is 0 Å². The van der Waals surface area contributed by atoms with Gasteiger partial charge in [0.05, 0.1) is 5.69 Å². The summed E-state index contributed by atoms with van der Waals surface area (Å²) in [6.07, 6.45) is 4.54. The number of pyridine rings is 1. The fourth-order valence-corrected chi connectivity index (χ4v) is 2.05. The van der Waals surface area contributed by atoms with Gasteiger partial charge in [0.25, 0.3) is 5.91 Å². The van der Waals surface area contributed by atoms with Crippen LogP contribution >= 0.6 is 0 Å². The van der Waals surface area contributed by atoms with Crippen LogP contribution in [0.5, 0.6) is 0 Å². The summed E-state index contributed by atoms with van der Waals surface area (Å²) in [7, 11) is 0. The molecule has 0 fully saturated rings. The molecule has 23 heavy (non-hydrogen) atoms. The lowest BCUT2D eigenvalue weighted by atomic mass is 10.2. The quantitative estimate of drug-likeness (QED) is 0.758. The van der Waals surface area contributed by atoms with Crippen molar-refractivity contribution in [1.29, 1.82) is 0 Å². The number of nitrogens with one attached hydrogen (secondary N) is 2. The van der Waals surface area contributed by atoms with Crippen LogP contribution in [0.25, 0.3) is 0 Å². The molecule has 0 saturated carbocycles. The van der Waals surface area contributed by atoms with Gasteiger partial charge in [0.15, 0.2) is 0 Å². The Morgan fingerprint density at radius 2 is 2.00 bits per heavy atom. The maximum atomic E-state index is 13.6. The Labute approximate surface area is 133 Å². The molecule has 0 atom stereocenters. The second kappa shape index (κ2) is 8.22. The first-order valence-electron chi connectivity index (χ1n) is 7.56. The zero-order valence-electron chi connectivity index (χ0n) is 12.9. The molecule has 0 aliphatic heterocycles. The third kappa shape index (κ3) is 5.02. The molecule has 0 radical (unpaired) electrons. The van der Waals surface area contributed by atoms with E-state index in [0.29, 0.717) is 17.9 Å². The first kappa shape index (κ1) is 16.9. The minimum atomic E-state index is -0.721. The topological polar surface area (TPSA) is 54.0 Å². The smallest absolute Gasteiger partial charge is 0.251 e. The Kier molecular flexibility index (Phi) is 6.02. The van der Waals surface area contributed by atoms with E-state index in [4.69, 9.17) is 0 Å². The molecule has 1 amide bonds. The molecule has 0 saturated heterocycles. The van der Waals surface area contributed by atoms with Gasteiger partial charge >= 0.3 is 0 Å². The van der Waals surface area contributed by atoms with Gasteiger partial charge in [0.2, 0.25) is 0 Å². The number of carbonyl (C=O) groups is 1. The van der Waals surface area contributed by atoms with Crippen molar-refractivity contribution in [2.75, 3.05) is 11.9 Å². The molecule has 0 aliphatic rings. The van der Waals surface area contributed by atoms with E-state index < -0.39 is 11.6 Å². The van der Waals surface area contributed by atoms with Gasteiger partial charge in [-0.05, 0) is 30.7 Å². The Morgan fingerprint density at radius 1 is 1.17 bits per heavy atom. The Hall–Kier alpha value is -2.50. The minimum Gasteiger partial charge on any atom is -0.352 e. The number of nitrogens with zero attached hydrogens (tertiary/aromatic N) is 1. The third-order valence-corrected chi connectivity index (χ3v) is 3.28. The van der Waals surface area contributed by atoms with E-state index in [9.17, 15) is 13.6 Å². The normalized spacial score (nSPS) is 10.4. The first-order valence-corrected chi connectivity index (χ1v) is 7.56. The molecule has 0 bridgehead atoms. The number of carbonyl (C=O) groups excluding carboxylic acids is 1. The largest absolute Gasteiger partial charge is 0.352 e. The predicted molar refractivity (Wildman–Crippen MR) is 85.7 cm³/mol. The number of rotatable bonds is 7. The van der Waals surface area contributed by atoms with Crippen molar-refractivity contribution < 1.29 is 13.6 Å². The molecule has 122 valence electrons. The number of hydrogen-bond donors (Lipinski definition) is 2. The minimum absolute atomic E-state index is 0.0967. The van der Waals surface area contributed by atoms with E-state index in [0.717, 1.165) is 31.4 Å². The van der Waals surface area contributed by atoms with Gasteiger partial charge in [0.1, 0.15) is 17.5 Å². The molecule has 0 aliphatic carbocycles. The molecule has 6 heteroatoms. The summed E-state index contributed by atoms with van der Waals surface area (Å²) >= 11 is 0. The van der Waals surface area contributed by atoms with E-state index in [-0.39, 0.29) is 11.6 Å². The fourth-order valence-electron chi connectivity index (χ4n) is 2.05. The van der Waals surface area contributed by atoms with Crippen LogP contribution in [0.3, 0.4) is 0 Å². The molecule has 0 unspecified atom stereocenters. The van der Waals surface area contributed by atoms with E-state index in [1.165, 1.54) is 18.3 Å². The van der Waals surface area contributed by atoms with Crippen molar-refractivity contribution in [3.63, 3.8) is 0 Å². The zero-order chi connectivity index (χ0) is 16.7. The maximum absolute atomic E-state index is 13.6. The van der Waals surface area contributed by atoms with Crippen LogP contribution < -0.4 is 10.6 Å². The molecule has 2 rings (SSSR count). The number of halogens is 2. The number of anilines is 2. The molecule has 1 aromatic heterocycles. The van der Waals surface area contributed by atoms with Crippen molar-refractivity contribution in [1.82, 2.24) is 10.3 Å². The highest BCUT2D eigenvalue weighted by molar-refractivity contribution is 5.94.